The molecule has 1 aromatic heterocycles. The van der Waals surface area contributed by atoms with E-state index < -0.39 is 0 Å². The Morgan fingerprint density at radius 3 is 2.46 bits per heavy atom. The fourth-order valence-electron chi connectivity index (χ4n) is 2.42. The lowest BCUT2D eigenvalue weighted by Gasteiger charge is -2.10. The Labute approximate surface area is 142 Å². The molecule has 0 aliphatic heterocycles. The summed E-state index contributed by atoms with van der Waals surface area (Å²) in [5.74, 6) is 0.210. The molecule has 0 saturated heterocycles. The molecule has 128 valence electrons. The first-order valence-corrected chi connectivity index (χ1v) is 7.96. The van der Waals surface area contributed by atoms with Crippen molar-refractivity contribution in [3.8, 4) is 0 Å². The zero-order valence-corrected chi connectivity index (χ0v) is 14.6. The van der Waals surface area contributed by atoms with Gasteiger partial charge in [0.05, 0.1) is 0 Å². The van der Waals surface area contributed by atoms with Crippen molar-refractivity contribution in [2.45, 2.75) is 27.2 Å². The summed E-state index contributed by atoms with van der Waals surface area (Å²) < 4.78 is 5.01. The number of anilines is 2. The molecule has 1 aromatic carbocycles. The highest BCUT2D eigenvalue weighted by atomic mass is 16.5. The van der Waals surface area contributed by atoms with Gasteiger partial charge in [-0.05, 0) is 56.5 Å². The van der Waals surface area contributed by atoms with Crippen LogP contribution in [0.25, 0.3) is 0 Å². The summed E-state index contributed by atoms with van der Waals surface area (Å²) in [7, 11) is 1.67. The first kappa shape index (κ1) is 17.9. The van der Waals surface area contributed by atoms with Crippen LogP contribution in [0.2, 0.25) is 0 Å². The third kappa shape index (κ3) is 5.31. The summed E-state index contributed by atoms with van der Waals surface area (Å²) in [6.45, 7) is 7.20. The average Bonchev–Trinajstić information content (AvgIpc) is 2.50. The summed E-state index contributed by atoms with van der Waals surface area (Å²) in [6.07, 6.45) is 0.845. The standard InChI is InChI=1S/C18H24N4O2/c1-12-8-13(2)10-15(9-12)21-17(23)16-11-14(3)20-18(22-16)19-6-5-7-24-4/h8-11H,5-7H2,1-4H3,(H,21,23)(H,19,20,22). The van der Waals surface area contributed by atoms with Gasteiger partial charge in [-0.3, -0.25) is 4.79 Å². The maximum absolute atomic E-state index is 12.5. The van der Waals surface area contributed by atoms with Crippen LogP contribution in [0.4, 0.5) is 11.6 Å². The summed E-state index contributed by atoms with van der Waals surface area (Å²) in [5, 5.41) is 6.01. The zero-order valence-electron chi connectivity index (χ0n) is 14.6. The Kier molecular flexibility index (Phi) is 6.26. The molecule has 0 atom stereocenters. The molecule has 0 spiro atoms. The first-order chi connectivity index (χ1) is 11.5. The molecule has 2 rings (SSSR count). The number of ether oxygens (including phenoxy) is 1. The topological polar surface area (TPSA) is 76.1 Å². The van der Waals surface area contributed by atoms with Crippen molar-refractivity contribution < 1.29 is 9.53 Å². The van der Waals surface area contributed by atoms with E-state index in [9.17, 15) is 4.79 Å². The largest absolute Gasteiger partial charge is 0.385 e. The molecule has 6 nitrogen and oxygen atoms in total. The molecule has 6 heteroatoms. The highest BCUT2D eigenvalue weighted by Crippen LogP contribution is 2.15. The lowest BCUT2D eigenvalue weighted by Crippen LogP contribution is -2.17. The highest BCUT2D eigenvalue weighted by Gasteiger charge is 2.11. The minimum Gasteiger partial charge on any atom is -0.385 e. The number of aryl methyl sites for hydroxylation is 3. The third-order valence-electron chi connectivity index (χ3n) is 3.37. The second-order valence-electron chi connectivity index (χ2n) is 5.82. The van der Waals surface area contributed by atoms with E-state index in [2.05, 4.69) is 26.7 Å². The Hall–Kier alpha value is -2.47. The van der Waals surface area contributed by atoms with Gasteiger partial charge in [0.2, 0.25) is 5.95 Å². The predicted molar refractivity (Wildman–Crippen MR) is 95.6 cm³/mol. The highest BCUT2D eigenvalue weighted by molar-refractivity contribution is 6.03. The second-order valence-corrected chi connectivity index (χ2v) is 5.82. The van der Waals surface area contributed by atoms with Crippen molar-refractivity contribution >= 4 is 17.5 Å². The van der Waals surface area contributed by atoms with Crippen molar-refractivity contribution in [2.75, 3.05) is 30.9 Å². The fraction of sp³-hybridized carbons (Fsp3) is 0.389. The van der Waals surface area contributed by atoms with Gasteiger partial charge in [0.1, 0.15) is 5.69 Å². The van der Waals surface area contributed by atoms with Crippen molar-refractivity contribution in [1.29, 1.82) is 0 Å². The predicted octanol–water partition coefficient (Wildman–Crippen LogP) is 3.10. The van der Waals surface area contributed by atoms with Crippen molar-refractivity contribution in [3.63, 3.8) is 0 Å². The van der Waals surface area contributed by atoms with Crippen molar-refractivity contribution in [3.05, 3.63) is 46.8 Å². The number of nitrogens with zero attached hydrogens (tertiary/aromatic N) is 2. The number of hydrogen-bond donors (Lipinski definition) is 2. The number of hydrogen-bond acceptors (Lipinski definition) is 5. The van der Waals surface area contributed by atoms with Crippen LogP contribution in [0.15, 0.2) is 24.3 Å². The molecule has 24 heavy (non-hydrogen) atoms. The number of nitrogens with one attached hydrogen (secondary N) is 2. The van der Waals surface area contributed by atoms with Crippen molar-refractivity contribution in [2.24, 2.45) is 0 Å². The molecule has 0 aliphatic carbocycles. The lowest BCUT2D eigenvalue weighted by atomic mass is 10.1. The van der Waals surface area contributed by atoms with Crippen LogP contribution in [0, 0.1) is 20.8 Å². The number of aromatic nitrogens is 2. The van der Waals surface area contributed by atoms with Gasteiger partial charge in [-0.25, -0.2) is 9.97 Å². The lowest BCUT2D eigenvalue weighted by molar-refractivity contribution is 0.102. The Morgan fingerprint density at radius 1 is 1.08 bits per heavy atom. The fourth-order valence-corrected chi connectivity index (χ4v) is 2.42. The van der Waals surface area contributed by atoms with Crippen molar-refractivity contribution in [1.82, 2.24) is 9.97 Å². The maximum atomic E-state index is 12.5. The molecular formula is C18H24N4O2. The quantitative estimate of drug-likeness (QED) is 0.764. The number of benzene rings is 1. The van der Waals surface area contributed by atoms with E-state index in [-0.39, 0.29) is 5.91 Å². The second kappa shape index (κ2) is 8.40. The molecule has 0 saturated carbocycles. The number of amides is 1. The van der Waals surface area contributed by atoms with Gasteiger partial charge in [-0.1, -0.05) is 6.07 Å². The molecule has 0 unspecified atom stereocenters. The van der Waals surface area contributed by atoms with E-state index in [1.54, 1.807) is 13.2 Å². The van der Waals surface area contributed by atoms with Gasteiger partial charge < -0.3 is 15.4 Å². The molecule has 0 aliphatic rings. The minimum absolute atomic E-state index is 0.245. The molecule has 0 bridgehead atoms. The van der Waals surface area contributed by atoms with E-state index in [0.717, 1.165) is 28.9 Å². The van der Waals surface area contributed by atoms with E-state index in [4.69, 9.17) is 4.74 Å². The third-order valence-corrected chi connectivity index (χ3v) is 3.37. The summed E-state index contributed by atoms with van der Waals surface area (Å²) in [6, 6.07) is 7.61. The molecule has 2 aromatic rings. The monoisotopic (exact) mass is 328 g/mol. The van der Waals surface area contributed by atoms with Gasteiger partial charge in [-0.15, -0.1) is 0 Å². The Morgan fingerprint density at radius 2 is 1.79 bits per heavy atom. The number of carbonyl (C=O) groups excluding carboxylic acids is 1. The number of carbonyl (C=O) groups is 1. The number of rotatable bonds is 7. The van der Waals surface area contributed by atoms with E-state index in [1.807, 2.05) is 32.9 Å². The number of methoxy groups -OCH3 is 1. The first-order valence-electron chi connectivity index (χ1n) is 7.96. The van der Waals surface area contributed by atoms with Crippen LogP contribution in [0.1, 0.15) is 33.7 Å². The smallest absolute Gasteiger partial charge is 0.274 e. The van der Waals surface area contributed by atoms with Crippen LogP contribution in [0.5, 0.6) is 0 Å². The van der Waals surface area contributed by atoms with E-state index in [0.29, 0.717) is 24.8 Å². The van der Waals surface area contributed by atoms with Gasteiger partial charge in [0.15, 0.2) is 0 Å². The summed E-state index contributed by atoms with van der Waals surface area (Å²) in [5.41, 5.74) is 4.05. The average molecular weight is 328 g/mol. The molecule has 0 radical (unpaired) electrons. The minimum atomic E-state index is -0.245. The summed E-state index contributed by atoms with van der Waals surface area (Å²) >= 11 is 0. The van der Waals surface area contributed by atoms with Gasteiger partial charge in [0, 0.05) is 31.6 Å². The Balaban J connectivity index is 2.09. The van der Waals surface area contributed by atoms with Gasteiger partial charge in [0.25, 0.3) is 5.91 Å². The van der Waals surface area contributed by atoms with Crippen LogP contribution in [0.3, 0.4) is 0 Å². The molecule has 1 amide bonds. The molecular weight excluding hydrogens is 304 g/mol. The molecule has 2 N–H and O–H groups in total. The van der Waals surface area contributed by atoms with E-state index in [1.165, 1.54) is 0 Å². The van der Waals surface area contributed by atoms with Gasteiger partial charge >= 0.3 is 0 Å². The van der Waals surface area contributed by atoms with Crippen LogP contribution in [-0.4, -0.2) is 36.1 Å². The van der Waals surface area contributed by atoms with Crippen LogP contribution in [-0.2, 0) is 4.74 Å². The Bertz CT molecular complexity index is 696. The van der Waals surface area contributed by atoms with Gasteiger partial charge in [-0.2, -0.15) is 0 Å². The normalized spacial score (nSPS) is 10.5. The molecule has 1 heterocycles. The zero-order chi connectivity index (χ0) is 17.5. The van der Waals surface area contributed by atoms with Crippen LogP contribution < -0.4 is 10.6 Å². The summed E-state index contributed by atoms with van der Waals surface area (Å²) in [4.78, 5) is 21.1. The molecule has 0 fully saturated rings. The van der Waals surface area contributed by atoms with Crippen LogP contribution >= 0.6 is 0 Å². The van der Waals surface area contributed by atoms with E-state index >= 15 is 0 Å². The maximum Gasteiger partial charge on any atom is 0.274 e. The SMILES string of the molecule is COCCCNc1nc(C)cc(C(=O)Nc2cc(C)cc(C)c2)n1.